The summed E-state index contributed by atoms with van der Waals surface area (Å²) in [5.74, 6) is 0.746. The summed E-state index contributed by atoms with van der Waals surface area (Å²) in [6, 6.07) is 5.49. The molecular formula is C20H31N2O5P. The number of fused-ring (bicyclic) bond motifs is 1. The van der Waals surface area contributed by atoms with Crippen LogP contribution in [0, 0.1) is 5.92 Å². The third-order valence-corrected chi connectivity index (χ3v) is 6.69. The second-order valence-electron chi connectivity index (χ2n) is 6.57. The maximum Gasteiger partial charge on any atom is 0.332 e. The zero-order chi connectivity index (χ0) is 20.6. The lowest BCUT2D eigenvalue weighted by Gasteiger charge is -2.30. The highest BCUT2D eigenvalue weighted by Gasteiger charge is 2.29. The molecule has 0 saturated heterocycles. The molecule has 0 bridgehead atoms. The zero-order valence-electron chi connectivity index (χ0n) is 16.8. The number of nitrogens with zero attached hydrogens (tertiary/aromatic N) is 1. The van der Waals surface area contributed by atoms with Crippen LogP contribution in [0.1, 0.15) is 29.8 Å². The van der Waals surface area contributed by atoms with Gasteiger partial charge in [0.05, 0.1) is 26.0 Å². The average Bonchev–Trinajstić information content (AvgIpc) is 2.68. The number of ether oxygens (including phenoxy) is 1. The molecule has 0 aliphatic carbocycles. The highest BCUT2D eigenvalue weighted by molar-refractivity contribution is 7.53. The standard InChI is InChI=1S/C20H31N2O5P/c1-4-16(14-21)15-25-18-7-8-19-17(13-18)9-10-22(20(19)23)11-12-28(24,26-5-2)27-6-3/h4,7-8,13,16H,1,5-6,9-12,14-15,21H2,2-3H3. The minimum absolute atomic E-state index is 0.0710. The van der Waals surface area contributed by atoms with Gasteiger partial charge in [-0.1, -0.05) is 6.08 Å². The van der Waals surface area contributed by atoms with E-state index in [9.17, 15) is 9.36 Å². The van der Waals surface area contributed by atoms with Gasteiger partial charge in [0.25, 0.3) is 5.91 Å². The summed E-state index contributed by atoms with van der Waals surface area (Å²) in [6.45, 7) is 9.76. The first-order valence-corrected chi connectivity index (χ1v) is 11.4. The second kappa shape index (κ2) is 10.8. The van der Waals surface area contributed by atoms with Crippen molar-refractivity contribution in [2.24, 2.45) is 11.7 Å². The molecular weight excluding hydrogens is 379 g/mol. The third kappa shape index (κ3) is 5.92. The lowest BCUT2D eigenvalue weighted by molar-refractivity contribution is 0.0747. The number of amides is 1. The molecule has 1 amide bonds. The number of hydrogen-bond acceptors (Lipinski definition) is 6. The quantitative estimate of drug-likeness (QED) is 0.421. The molecule has 0 radical (unpaired) electrons. The first-order chi connectivity index (χ1) is 13.5. The minimum Gasteiger partial charge on any atom is -0.493 e. The Kier molecular flexibility index (Phi) is 8.70. The van der Waals surface area contributed by atoms with E-state index in [0.29, 0.717) is 51.4 Å². The molecule has 28 heavy (non-hydrogen) atoms. The summed E-state index contributed by atoms with van der Waals surface area (Å²) in [6.07, 6.45) is 2.69. The first kappa shape index (κ1) is 22.6. The molecule has 1 aromatic carbocycles. The third-order valence-electron chi connectivity index (χ3n) is 4.64. The Morgan fingerprint density at radius 3 is 2.64 bits per heavy atom. The van der Waals surface area contributed by atoms with Crippen molar-refractivity contribution >= 4 is 13.5 Å². The fraction of sp³-hybridized carbons (Fsp3) is 0.550. The summed E-state index contributed by atoms with van der Waals surface area (Å²) < 4.78 is 29.0. The molecule has 0 saturated carbocycles. The van der Waals surface area contributed by atoms with Crippen molar-refractivity contribution in [1.82, 2.24) is 4.90 Å². The van der Waals surface area contributed by atoms with Crippen LogP contribution in [-0.2, 0) is 20.0 Å². The number of nitrogens with two attached hydrogens (primary N) is 1. The maximum atomic E-state index is 12.8. The predicted octanol–water partition coefficient (Wildman–Crippen LogP) is 3.09. The van der Waals surface area contributed by atoms with Crippen LogP contribution in [0.4, 0.5) is 0 Å². The van der Waals surface area contributed by atoms with Gasteiger partial charge in [0.2, 0.25) is 0 Å². The van der Waals surface area contributed by atoms with E-state index in [1.165, 1.54) is 0 Å². The minimum atomic E-state index is -3.16. The number of rotatable bonds is 12. The molecule has 1 aromatic rings. The van der Waals surface area contributed by atoms with Crippen molar-refractivity contribution in [2.45, 2.75) is 20.3 Å². The summed E-state index contributed by atoms with van der Waals surface area (Å²) in [5.41, 5.74) is 7.26. The Hall–Kier alpha value is -1.66. The van der Waals surface area contributed by atoms with E-state index >= 15 is 0 Å². The molecule has 1 heterocycles. The molecule has 7 nitrogen and oxygen atoms in total. The SMILES string of the molecule is C=CC(CN)COc1ccc2c(c1)CCN(CCP(=O)(OCC)OCC)C2=O. The summed E-state index contributed by atoms with van der Waals surface area (Å²) in [5, 5.41) is 0. The molecule has 0 spiro atoms. The largest absolute Gasteiger partial charge is 0.493 e. The molecule has 2 N–H and O–H groups in total. The fourth-order valence-corrected chi connectivity index (χ4v) is 4.66. The van der Waals surface area contributed by atoms with Gasteiger partial charge in [0.1, 0.15) is 5.75 Å². The number of carbonyl (C=O) groups is 1. The van der Waals surface area contributed by atoms with Crippen molar-refractivity contribution in [3.63, 3.8) is 0 Å². The Bertz CT molecular complexity index is 715. The Labute approximate surface area is 167 Å². The first-order valence-electron chi connectivity index (χ1n) is 9.72. The fourth-order valence-electron chi connectivity index (χ4n) is 3.05. The van der Waals surface area contributed by atoms with Gasteiger partial charge >= 0.3 is 7.60 Å². The van der Waals surface area contributed by atoms with Gasteiger partial charge < -0.3 is 24.4 Å². The molecule has 1 atom stereocenters. The lowest BCUT2D eigenvalue weighted by atomic mass is 9.99. The van der Waals surface area contributed by atoms with Gasteiger partial charge in [-0.3, -0.25) is 9.36 Å². The lowest BCUT2D eigenvalue weighted by Crippen LogP contribution is -2.39. The van der Waals surface area contributed by atoms with Crippen LogP contribution in [0.5, 0.6) is 5.75 Å². The van der Waals surface area contributed by atoms with Gasteiger partial charge in [0.15, 0.2) is 0 Å². The van der Waals surface area contributed by atoms with E-state index in [1.807, 2.05) is 6.07 Å². The molecule has 0 fully saturated rings. The van der Waals surface area contributed by atoms with E-state index in [2.05, 4.69) is 6.58 Å². The second-order valence-corrected chi connectivity index (χ2v) is 8.76. The Morgan fingerprint density at radius 1 is 1.32 bits per heavy atom. The van der Waals surface area contributed by atoms with Gasteiger partial charge in [-0.2, -0.15) is 0 Å². The molecule has 8 heteroatoms. The monoisotopic (exact) mass is 410 g/mol. The molecule has 1 aliphatic rings. The summed E-state index contributed by atoms with van der Waals surface area (Å²) in [7, 11) is -3.16. The maximum absolute atomic E-state index is 12.8. The van der Waals surface area contributed by atoms with Crippen molar-refractivity contribution < 1.29 is 23.1 Å². The van der Waals surface area contributed by atoms with E-state index in [1.54, 1.807) is 37.0 Å². The molecule has 2 rings (SSSR count). The molecule has 1 unspecified atom stereocenters. The van der Waals surface area contributed by atoms with E-state index < -0.39 is 7.60 Å². The average molecular weight is 410 g/mol. The number of hydrogen-bond donors (Lipinski definition) is 1. The molecule has 156 valence electrons. The Morgan fingerprint density at radius 2 is 2.04 bits per heavy atom. The highest BCUT2D eigenvalue weighted by Crippen LogP contribution is 2.47. The van der Waals surface area contributed by atoms with Gasteiger partial charge in [-0.05, 0) is 44.0 Å². The van der Waals surface area contributed by atoms with Gasteiger partial charge in [-0.15, -0.1) is 6.58 Å². The molecule has 0 aromatic heterocycles. The van der Waals surface area contributed by atoms with E-state index in [-0.39, 0.29) is 18.0 Å². The van der Waals surface area contributed by atoms with Crippen LogP contribution >= 0.6 is 7.60 Å². The molecule has 1 aliphatic heterocycles. The van der Waals surface area contributed by atoms with Crippen LogP contribution in [0.25, 0.3) is 0 Å². The van der Waals surface area contributed by atoms with Crippen molar-refractivity contribution in [2.75, 3.05) is 45.6 Å². The zero-order valence-corrected chi connectivity index (χ0v) is 17.7. The van der Waals surface area contributed by atoms with E-state index in [0.717, 1.165) is 11.3 Å². The predicted molar refractivity (Wildman–Crippen MR) is 110 cm³/mol. The van der Waals surface area contributed by atoms with Crippen molar-refractivity contribution in [3.8, 4) is 5.75 Å². The van der Waals surface area contributed by atoms with Crippen LogP contribution in [-0.4, -0.2) is 56.4 Å². The Balaban J connectivity index is 2.00. The van der Waals surface area contributed by atoms with Crippen molar-refractivity contribution in [3.05, 3.63) is 42.0 Å². The summed E-state index contributed by atoms with van der Waals surface area (Å²) in [4.78, 5) is 14.5. The topological polar surface area (TPSA) is 91.1 Å². The van der Waals surface area contributed by atoms with Crippen molar-refractivity contribution in [1.29, 1.82) is 0 Å². The smallest absolute Gasteiger partial charge is 0.332 e. The van der Waals surface area contributed by atoms with Crippen LogP contribution in [0.2, 0.25) is 0 Å². The van der Waals surface area contributed by atoms with Gasteiger partial charge in [-0.25, -0.2) is 0 Å². The summed E-state index contributed by atoms with van der Waals surface area (Å²) >= 11 is 0. The van der Waals surface area contributed by atoms with Crippen LogP contribution < -0.4 is 10.5 Å². The normalized spacial score (nSPS) is 15.2. The van der Waals surface area contributed by atoms with Crippen LogP contribution in [0.3, 0.4) is 0 Å². The highest BCUT2D eigenvalue weighted by atomic mass is 31.2. The van der Waals surface area contributed by atoms with Gasteiger partial charge in [0, 0.05) is 31.1 Å². The van der Waals surface area contributed by atoms with Crippen LogP contribution in [0.15, 0.2) is 30.9 Å². The number of benzene rings is 1. The van der Waals surface area contributed by atoms with E-state index in [4.69, 9.17) is 19.5 Å². The number of carbonyl (C=O) groups excluding carboxylic acids is 1.